The highest BCUT2D eigenvalue weighted by Crippen LogP contribution is 2.32. The molecule has 2 aliphatic rings. The van der Waals surface area contributed by atoms with Crippen LogP contribution < -0.4 is 14.2 Å². The Kier molecular flexibility index (Phi) is 7.67. The first-order chi connectivity index (χ1) is 17.2. The van der Waals surface area contributed by atoms with E-state index in [4.69, 9.17) is 31.2 Å². The van der Waals surface area contributed by atoms with E-state index in [2.05, 4.69) is 10.1 Å². The summed E-state index contributed by atoms with van der Waals surface area (Å²) in [6, 6.07) is 12.2. The van der Waals surface area contributed by atoms with E-state index in [1.165, 1.54) is 13.2 Å². The zero-order chi connectivity index (χ0) is 25.9. The molecule has 0 saturated heterocycles. The molecule has 13 heteroatoms. The first kappa shape index (κ1) is 25.7. The second-order valence-electron chi connectivity index (χ2n) is 7.57. The maximum Gasteiger partial charge on any atom is 0.283 e. The highest BCUT2D eigenvalue weighted by atomic mass is 35.5. The minimum atomic E-state index is -3.60. The molecule has 1 N–H and O–H groups in total. The van der Waals surface area contributed by atoms with Crippen molar-refractivity contribution in [2.24, 2.45) is 10.1 Å². The molecule has 2 aliphatic heterocycles. The number of carbonyl (C=O) groups is 1. The molecule has 0 spiro atoms. The topological polar surface area (TPSA) is 131 Å². The van der Waals surface area contributed by atoms with Crippen LogP contribution >= 0.6 is 23.4 Å². The minimum absolute atomic E-state index is 0.0314. The van der Waals surface area contributed by atoms with Crippen LogP contribution in [0.25, 0.3) is 6.08 Å². The van der Waals surface area contributed by atoms with Gasteiger partial charge in [0.2, 0.25) is 19.4 Å². The molecule has 0 unspecified atom stereocenters. The summed E-state index contributed by atoms with van der Waals surface area (Å²) >= 11 is 6.60. The zero-order valence-corrected chi connectivity index (χ0v) is 21.6. The average molecular weight is 549 g/mol. The van der Waals surface area contributed by atoms with Gasteiger partial charge in [-0.1, -0.05) is 17.7 Å². The quantitative estimate of drug-likeness (QED) is 0.389. The first-order valence-corrected chi connectivity index (χ1v) is 13.6. The van der Waals surface area contributed by atoms with E-state index in [1.807, 2.05) is 0 Å². The molecule has 0 aromatic heterocycles. The van der Waals surface area contributed by atoms with E-state index < -0.39 is 15.7 Å². The first-order valence-electron chi connectivity index (χ1n) is 10.5. The smallest absolute Gasteiger partial charge is 0.283 e. The van der Waals surface area contributed by atoms with Gasteiger partial charge < -0.3 is 14.2 Å². The number of hydrogen-bond acceptors (Lipinski definition) is 9. The van der Waals surface area contributed by atoms with Crippen LogP contribution in [0.4, 0.5) is 0 Å². The monoisotopic (exact) mass is 548 g/mol. The number of aliphatic imine (C=N–C) groups is 1. The van der Waals surface area contributed by atoms with Gasteiger partial charge in [-0.3, -0.25) is 10.2 Å². The number of fused-ring (bicyclic) bond motifs is 1. The van der Waals surface area contributed by atoms with Crippen molar-refractivity contribution in [2.75, 3.05) is 26.6 Å². The third-order valence-electron chi connectivity index (χ3n) is 4.88. The molecule has 0 fully saturated rings. The van der Waals surface area contributed by atoms with Crippen molar-refractivity contribution in [2.45, 2.75) is 6.42 Å². The molecule has 1 amide bonds. The lowest BCUT2D eigenvalue weighted by Gasteiger charge is -2.20. The van der Waals surface area contributed by atoms with E-state index in [-0.39, 0.29) is 21.0 Å². The number of halogens is 1. The number of ether oxygens (including phenoxy) is 3. The molecular weight excluding hydrogens is 528 g/mol. The summed E-state index contributed by atoms with van der Waals surface area (Å²) in [5.74, 6) is 0.741. The maximum absolute atomic E-state index is 12.5. The van der Waals surface area contributed by atoms with Gasteiger partial charge in [0.25, 0.3) is 5.91 Å². The minimum Gasteiger partial charge on any atom is -0.493 e. The molecule has 0 aliphatic carbocycles. The Morgan fingerprint density at radius 1 is 1.11 bits per heavy atom. The SMILES string of the molecule is COc1cc(/C=C2/C(=N)N3N=C(S(C)(=O)=O)SC3=NC2=O)ccc1OCCCOc1ccc(Cl)cc1. The van der Waals surface area contributed by atoms with Crippen LogP contribution in [-0.4, -0.2) is 61.3 Å². The third-order valence-corrected chi connectivity index (χ3v) is 7.71. The second kappa shape index (κ2) is 10.7. The number of hydrazone groups is 1. The summed E-state index contributed by atoms with van der Waals surface area (Å²) in [7, 11) is -2.10. The molecule has 0 saturated carbocycles. The predicted molar refractivity (Wildman–Crippen MR) is 140 cm³/mol. The van der Waals surface area contributed by atoms with Gasteiger partial charge in [-0.2, -0.15) is 10.0 Å². The lowest BCUT2D eigenvalue weighted by Crippen LogP contribution is -2.35. The van der Waals surface area contributed by atoms with Gasteiger partial charge in [0, 0.05) is 17.7 Å². The number of carbonyl (C=O) groups excluding carboxylic acids is 1. The van der Waals surface area contributed by atoms with Gasteiger partial charge in [-0.15, -0.1) is 5.10 Å². The molecule has 0 bridgehead atoms. The molecule has 0 atom stereocenters. The van der Waals surface area contributed by atoms with E-state index in [0.717, 1.165) is 28.8 Å². The van der Waals surface area contributed by atoms with Crippen molar-refractivity contribution in [3.8, 4) is 17.2 Å². The van der Waals surface area contributed by atoms with Gasteiger partial charge in [0.15, 0.2) is 17.3 Å². The van der Waals surface area contributed by atoms with Crippen LogP contribution in [-0.2, 0) is 14.6 Å². The Morgan fingerprint density at radius 2 is 1.83 bits per heavy atom. The van der Waals surface area contributed by atoms with Crippen molar-refractivity contribution in [1.82, 2.24) is 5.01 Å². The van der Waals surface area contributed by atoms with Gasteiger partial charge in [0.1, 0.15) is 5.75 Å². The van der Waals surface area contributed by atoms with Crippen molar-refractivity contribution in [3.05, 3.63) is 58.6 Å². The molecule has 2 heterocycles. The Morgan fingerprint density at radius 3 is 2.53 bits per heavy atom. The van der Waals surface area contributed by atoms with Gasteiger partial charge in [-0.05, 0) is 59.8 Å². The van der Waals surface area contributed by atoms with Crippen molar-refractivity contribution in [3.63, 3.8) is 0 Å². The Hall–Kier alpha value is -3.35. The predicted octanol–water partition coefficient (Wildman–Crippen LogP) is 3.82. The molecule has 4 rings (SSSR count). The molecule has 10 nitrogen and oxygen atoms in total. The van der Waals surface area contributed by atoms with Gasteiger partial charge in [0.05, 0.1) is 25.9 Å². The summed E-state index contributed by atoms with van der Waals surface area (Å²) in [6.07, 6.45) is 3.10. The molecule has 188 valence electrons. The van der Waals surface area contributed by atoms with Crippen LogP contribution in [0.3, 0.4) is 0 Å². The van der Waals surface area contributed by atoms with Crippen molar-refractivity contribution in [1.29, 1.82) is 5.41 Å². The number of sulfone groups is 1. The average Bonchev–Trinajstić information content (AvgIpc) is 3.28. The summed E-state index contributed by atoms with van der Waals surface area (Å²) in [5, 5.41) is 14.0. The number of nitrogens with one attached hydrogen (secondary N) is 1. The van der Waals surface area contributed by atoms with Crippen molar-refractivity contribution < 1.29 is 27.4 Å². The largest absolute Gasteiger partial charge is 0.493 e. The number of methoxy groups -OCH3 is 1. The van der Waals surface area contributed by atoms with E-state index >= 15 is 0 Å². The Balaban J connectivity index is 1.41. The number of rotatable bonds is 8. The van der Waals surface area contributed by atoms with Crippen LogP contribution in [0.15, 0.2) is 58.1 Å². The van der Waals surface area contributed by atoms with Crippen LogP contribution in [0.2, 0.25) is 5.02 Å². The van der Waals surface area contributed by atoms with E-state index in [0.29, 0.717) is 41.7 Å². The van der Waals surface area contributed by atoms with Crippen molar-refractivity contribution >= 4 is 60.6 Å². The summed E-state index contributed by atoms with van der Waals surface area (Å²) in [5.41, 5.74) is 0.532. The molecule has 0 radical (unpaired) electrons. The lowest BCUT2D eigenvalue weighted by atomic mass is 10.1. The zero-order valence-electron chi connectivity index (χ0n) is 19.2. The van der Waals surface area contributed by atoms with Crippen LogP contribution in [0, 0.1) is 5.41 Å². The number of amides is 1. The highest BCUT2D eigenvalue weighted by molar-refractivity contribution is 8.42. The van der Waals surface area contributed by atoms with Gasteiger partial charge >= 0.3 is 0 Å². The number of hydrogen-bond donors (Lipinski definition) is 1. The fourth-order valence-corrected chi connectivity index (χ4v) is 4.96. The van der Waals surface area contributed by atoms with Crippen LogP contribution in [0.5, 0.6) is 17.2 Å². The van der Waals surface area contributed by atoms with Gasteiger partial charge in [-0.25, -0.2) is 8.42 Å². The van der Waals surface area contributed by atoms with Crippen LogP contribution in [0.1, 0.15) is 12.0 Å². The number of nitrogens with zero attached hydrogens (tertiary/aromatic N) is 3. The number of amidine groups is 2. The third kappa shape index (κ3) is 5.89. The number of thioether (sulfide) groups is 1. The maximum atomic E-state index is 12.5. The molecular formula is C23H21ClN4O6S2. The highest BCUT2D eigenvalue weighted by Gasteiger charge is 2.38. The van der Waals surface area contributed by atoms with E-state index in [1.54, 1.807) is 42.5 Å². The second-order valence-corrected chi connectivity index (χ2v) is 11.2. The Labute approximate surface area is 217 Å². The Bertz CT molecular complexity index is 1400. The summed E-state index contributed by atoms with van der Waals surface area (Å²) < 4.78 is 40.2. The number of benzene rings is 2. The lowest BCUT2D eigenvalue weighted by molar-refractivity contribution is -0.114. The molecule has 2 aromatic carbocycles. The fourth-order valence-electron chi connectivity index (χ4n) is 3.15. The molecule has 2 aromatic rings. The summed E-state index contributed by atoms with van der Waals surface area (Å²) in [6.45, 7) is 0.845. The standard InChI is InChI=1S/C23H21ClN4O6S2/c1-32-19-13-14(4-9-18(19)34-11-3-10-33-16-7-5-15(24)6-8-16)12-17-20(25)28-22(26-21(17)29)35-23(27-28)36(2,30)31/h4-9,12-13,25H,3,10-11H2,1-2H3/b17-12-,25-20?. The summed E-state index contributed by atoms with van der Waals surface area (Å²) in [4.78, 5) is 16.4. The molecule has 36 heavy (non-hydrogen) atoms. The fraction of sp³-hybridized carbons (Fsp3) is 0.217. The van der Waals surface area contributed by atoms with E-state index in [9.17, 15) is 13.2 Å². The normalized spacial score (nSPS) is 16.5.